The van der Waals surface area contributed by atoms with Crippen LogP contribution in [0.25, 0.3) is 6.08 Å². The molecule has 0 saturated carbocycles. The van der Waals surface area contributed by atoms with Gasteiger partial charge in [-0.25, -0.2) is 0 Å². The van der Waals surface area contributed by atoms with Crippen molar-refractivity contribution in [1.29, 1.82) is 0 Å². The van der Waals surface area contributed by atoms with Crippen molar-refractivity contribution in [1.82, 2.24) is 10.2 Å². The number of rotatable bonds is 2. The van der Waals surface area contributed by atoms with Crippen LogP contribution in [0.3, 0.4) is 0 Å². The molecular weight excluding hydrogens is 278 g/mol. The number of carbonyl (C=O) groups is 3. The summed E-state index contributed by atoms with van der Waals surface area (Å²) in [6.07, 6.45) is 1.19. The second-order valence-electron chi connectivity index (χ2n) is 4.33. The summed E-state index contributed by atoms with van der Waals surface area (Å²) < 4.78 is 0. The van der Waals surface area contributed by atoms with Crippen molar-refractivity contribution in [2.75, 3.05) is 6.54 Å². The monoisotopic (exact) mass is 289 g/mol. The third-order valence-electron chi connectivity index (χ3n) is 2.86. The van der Waals surface area contributed by atoms with Crippen LogP contribution in [-0.4, -0.2) is 34.1 Å². The molecule has 0 bridgehead atoms. The van der Waals surface area contributed by atoms with Crippen LogP contribution in [0.5, 0.6) is 0 Å². The van der Waals surface area contributed by atoms with E-state index in [9.17, 15) is 24.5 Å². The fourth-order valence-corrected chi connectivity index (χ4v) is 1.89. The van der Waals surface area contributed by atoms with Gasteiger partial charge in [0.15, 0.2) is 0 Å². The molecule has 1 aromatic rings. The fraction of sp³-hybridized carbons (Fsp3) is 0.154. The number of nitrogens with zero attached hydrogens (tertiary/aromatic N) is 2. The molecule has 1 aromatic carbocycles. The van der Waals surface area contributed by atoms with Crippen LogP contribution < -0.4 is 5.32 Å². The molecule has 3 amide bonds. The Labute approximate surface area is 119 Å². The second-order valence-corrected chi connectivity index (χ2v) is 4.33. The van der Waals surface area contributed by atoms with Gasteiger partial charge in [-0.05, 0) is 12.1 Å². The lowest BCUT2D eigenvalue weighted by Gasteiger charge is -2.25. The van der Waals surface area contributed by atoms with Gasteiger partial charge in [0, 0.05) is 13.0 Å². The number of amides is 3. The number of hydrogen-bond donors (Lipinski definition) is 1. The van der Waals surface area contributed by atoms with E-state index < -0.39 is 22.6 Å². The van der Waals surface area contributed by atoms with Crippen molar-refractivity contribution in [3.8, 4) is 0 Å². The van der Waals surface area contributed by atoms with Crippen molar-refractivity contribution < 1.29 is 19.3 Å². The maximum Gasteiger partial charge on any atom is 0.277 e. The Bertz CT molecular complexity index is 680. The van der Waals surface area contributed by atoms with E-state index in [1.807, 2.05) is 0 Å². The van der Waals surface area contributed by atoms with Crippen LogP contribution in [0.2, 0.25) is 0 Å². The molecule has 0 aromatic heterocycles. The third-order valence-corrected chi connectivity index (χ3v) is 2.86. The molecule has 0 unspecified atom stereocenters. The molecule has 2 rings (SSSR count). The van der Waals surface area contributed by atoms with Crippen molar-refractivity contribution in [2.24, 2.45) is 0 Å². The molecule has 1 fully saturated rings. The zero-order valence-corrected chi connectivity index (χ0v) is 11.0. The predicted molar refractivity (Wildman–Crippen MR) is 71.6 cm³/mol. The van der Waals surface area contributed by atoms with Crippen LogP contribution in [-0.2, 0) is 14.4 Å². The van der Waals surface area contributed by atoms with Gasteiger partial charge in [0.25, 0.3) is 11.6 Å². The Kier molecular flexibility index (Phi) is 3.79. The average molecular weight is 289 g/mol. The van der Waals surface area contributed by atoms with Gasteiger partial charge in [0.05, 0.1) is 10.5 Å². The first kappa shape index (κ1) is 14.4. The zero-order valence-electron chi connectivity index (χ0n) is 11.0. The highest BCUT2D eigenvalue weighted by atomic mass is 16.6. The summed E-state index contributed by atoms with van der Waals surface area (Å²) in [7, 11) is 0. The molecule has 0 spiro atoms. The smallest absolute Gasteiger partial charge is 0.277 e. The minimum atomic E-state index is -0.694. The summed E-state index contributed by atoms with van der Waals surface area (Å²) in [5, 5.41) is 13.2. The number of hydrogen-bond acceptors (Lipinski definition) is 5. The molecule has 21 heavy (non-hydrogen) atoms. The molecular formula is C13H11N3O5. The first-order valence-corrected chi connectivity index (χ1v) is 5.97. The Morgan fingerprint density at radius 2 is 2.05 bits per heavy atom. The highest BCUT2D eigenvalue weighted by molar-refractivity contribution is 6.12. The number of nitrogens with one attached hydrogen (secondary N) is 1. The standard InChI is InChI=1S/C13H11N3O5/c1-8(17)15-7-12(18)14-10(13(15)19)6-9-4-2-3-5-11(9)16(20)21/h2-6H,7H2,1H3,(H,14,18)/b10-6+. The average Bonchev–Trinajstić information content (AvgIpc) is 2.42. The molecule has 1 saturated heterocycles. The molecule has 0 aliphatic carbocycles. The molecule has 0 radical (unpaired) electrons. The summed E-state index contributed by atoms with van der Waals surface area (Å²) in [4.78, 5) is 46.0. The lowest BCUT2D eigenvalue weighted by molar-refractivity contribution is -0.385. The van der Waals surface area contributed by atoms with E-state index in [4.69, 9.17) is 0 Å². The Balaban J connectivity index is 2.45. The topological polar surface area (TPSA) is 110 Å². The van der Waals surface area contributed by atoms with Gasteiger partial charge >= 0.3 is 0 Å². The molecule has 1 heterocycles. The molecule has 108 valence electrons. The summed E-state index contributed by atoms with van der Waals surface area (Å²) in [5.74, 6) is -1.79. The van der Waals surface area contributed by atoms with Gasteiger partial charge in [-0.3, -0.25) is 29.4 Å². The second kappa shape index (κ2) is 5.53. The first-order valence-electron chi connectivity index (χ1n) is 5.97. The van der Waals surface area contributed by atoms with Gasteiger partial charge in [-0.2, -0.15) is 0 Å². The van der Waals surface area contributed by atoms with Crippen LogP contribution in [0.4, 0.5) is 5.69 Å². The van der Waals surface area contributed by atoms with Crippen LogP contribution in [0, 0.1) is 10.1 Å². The van der Waals surface area contributed by atoms with Crippen molar-refractivity contribution in [3.63, 3.8) is 0 Å². The molecule has 8 heteroatoms. The van der Waals surface area contributed by atoms with Crippen molar-refractivity contribution >= 4 is 29.5 Å². The molecule has 1 aliphatic heterocycles. The van der Waals surface area contributed by atoms with Gasteiger partial charge in [-0.15, -0.1) is 0 Å². The Hall–Kier alpha value is -3.03. The van der Waals surface area contributed by atoms with Gasteiger partial charge in [-0.1, -0.05) is 12.1 Å². The number of piperazine rings is 1. The van der Waals surface area contributed by atoms with E-state index in [2.05, 4.69) is 5.32 Å². The number of carbonyl (C=O) groups excluding carboxylic acids is 3. The third kappa shape index (κ3) is 2.94. The fourth-order valence-electron chi connectivity index (χ4n) is 1.89. The van der Waals surface area contributed by atoms with Gasteiger partial charge in [0.1, 0.15) is 12.2 Å². The highest BCUT2D eigenvalue weighted by Gasteiger charge is 2.31. The molecule has 1 aliphatic rings. The Morgan fingerprint density at radius 1 is 1.38 bits per heavy atom. The van der Waals surface area contributed by atoms with Crippen molar-refractivity contribution in [2.45, 2.75) is 6.92 Å². The van der Waals surface area contributed by atoms with Crippen molar-refractivity contribution in [3.05, 3.63) is 45.6 Å². The number of nitro benzene ring substituents is 1. The largest absolute Gasteiger partial charge is 0.320 e. The highest BCUT2D eigenvalue weighted by Crippen LogP contribution is 2.21. The van der Waals surface area contributed by atoms with E-state index in [0.717, 1.165) is 4.90 Å². The number of imide groups is 1. The summed E-state index contributed by atoms with van der Waals surface area (Å²) in [6.45, 7) is 0.807. The van der Waals surface area contributed by atoms with Gasteiger partial charge in [0.2, 0.25) is 11.8 Å². The first-order chi connectivity index (χ1) is 9.90. The predicted octanol–water partition coefficient (Wildman–Crippen LogP) is 0.441. The minimum Gasteiger partial charge on any atom is -0.320 e. The summed E-state index contributed by atoms with van der Waals surface area (Å²) >= 11 is 0. The number of benzene rings is 1. The SMILES string of the molecule is CC(=O)N1CC(=O)N/C(=C/c2ccccc2[N+](=O)[O-])C1=O. The number of para-hydroxylation sites is 1. The Morgan fingerprint density at radius 3 is 2.67 bits per heavy atom. The molecule has 0 atom stereocenters. The maximum absolute atomic E-state index is 12.1. The minimum absolute atomic E-state index is 0.163. The van der Waals surface area contributed by atoms with Crippen LogP contribution in [0.1, 0.15) is 12.5 Å². The van der Waals surface area contributed by atoms with E-state index in [1.165, 1.54) is 31.2 Å². The lowest BCUT2D eigenvalue weighted by atomic mass is 10.1. The quantitative estimate of drug-likeness (QED) is 0.482. The van der Waals surface area contributed by atoms with E-state index in [0.29, 0.717) is 0 Å². The van der Waals surface area contributed by atoms with Crippen LogP contribution >= 0.6 is 0 Å². The van der Waals surface area contributed by atoms with E-state index in [1.54, 1.807) is 6.07 Å². The summed E-state index contributed by atoms with van der Waals surface area (Å²) in [5.41, 5.74) is -0.209. The van der Waals surface area contributed by atoms with Gasteiger partial charge < -0.3 is 5.32 Å². The van der Waals surface area contributed by atoms with Crippen LogP contribution in [0.15, 0.2) is 30.0 Å². The molecule has 8 nitrogen and oxygen atoms in total. The zero-order chi connectivity index (χ0) is 15.6. The molecule has 1 N–H and O–H groups in total. The van der Waals surface area contributed by atoms with E-state index in [-0.39, 0.29) is 23.5 Å². The normalized spacial score (nSPS) is 16.8. The summed E-state index contributed by atoms with van der Waals surface area (Å²) in [6, 6.07) is 5.78. The van der Waals surface area contributed by atoms with E-state index >= 15 is 0 Å². The maximum atomic E-state index is 12.1. The lowest BCUT2D eigenvalue weighted by Crippen LogP contribution is -2.51. The number of nitro groups is 1.